The van der Waals surface area contributed by atoms with Crippen molar-refractivity contribution in [2.45, 2.75) is 26.2 Å². The molecule has 0 aliphatic carbocycles. The van der Waals surface area contributed by atoms with E-state index in [2.05, 4.69) is 16.7 Å². The van der Waals surface area contributed by atoms with Gasteiger partial charge in [0, 0.05) is 24.5 Å². The molecule has 0 fully saturated rings. The first-order valence-corrected chi connectivity index (χ1v) is 6.54. The van der Waals surface area contributed by atoms with Crippen molar-refractivity contribution in [2.24, 2.45) is 0 Å². The van der Waals surface area contributed by atoms with E-state index in [-0.39, 0.29) is 5.91 Å². The lowest BCUT2D eigenvalue weighted by Crippen LogP contribution is -2.16. The molecule has 0 bridgehead atoms. The zero-order chi connectivity index (χ0) is 12.8. The molecule has 0 aromatic heterocycles. The third kappa shape index (κ3) is 3.47. The molecule has 98 valence electrons. The molecule has 2 rings (SSSR count). The number of carbonyl (C=O) groups is 1. The van der Waals surface area contributed by atoms with Crippen LogP contribution >= 0.6 is 0 Å². The van der Waals surface area contributed by atoms with Crippen molar-refractivity contribution in [3.8, 4) is 0 Å². The molecule has 4 nitrogen and oxygen atoms in total. The van der Waals surface area contributed by atoms with Crippen molar-refractivity contribution in [2.75, 3.05) is 30.4 Å². The molecular weight excluding hydrogens is 228 g/mol. The van der Waals surface area contributed by atoms with Gasteiger partial charge in [-0.05, 0) is 37.5 Å². The van der Waals surface area contributed by atoms with Gasteiger partial charge in [0.05, 0.1) is 13.0 Å². The van der Waals surface area contributed by atoms with E-state index >= 15 is 0 Å². The van der Waals surface area contributed by atoms with Gasteiger partial charge >= 0.3 is 0 Å². The molecular formula is C14H20N2O2. The highest BCUT2D eigenvalue weighted by Gasteiger charge is 2.09. The highest BCUT2D eigenvalue weighted by Crippen LogP contribution is 2.25. The Hall–Kier alpha value is -1.55. The lowest BCUT2D eigenvalue weighted by Gasteiger charge is -2.18. The van der Waals surface area contributed by atoms with E-state index in [9.17, 15) is 4.79 Å². The minimum atomic E-state index is -0.000732. The summed E-state index contributed by atoms with van der Waals surface area (Å²) in [6.07, 6.45) is 2.69. The summed E-state index contributed by atoms with van der Waals surface area (Å²) < 4.78 is 5.16. The molecule has 1 aliphatic heterocycles. The zero-order valence-electron chi connectivity index (χ0n) is 10.8. The van der Waals surface area contributed by atoms with Crippen LogP contribution in [-0.4, -0.2) is 25.7 Å². The van der Waals surface area contributed by atoms with Crippen LogP contribution in [0, 0.1) is 0 Å². The summed E-state index contributed by atoms with van der Waals surface area (Å²) >= 11 is 0. The topological polar surface area (TPSA) is 50.4 Å². The fraction of sp³-hybridized carbons (Fsp3) is 0.500. The quantitative estimate of drug-likeness (QED) is 0.787. The van der Waals surface area contributed by atoms with Crippen molar-refractivity contribution >= 4 is 17.3 Å². The molecule has 0 radical (unpaired) electrons. The van der Waals surface area contributed by atoms with Crippen LogP contribution in [0.1, 0.15) is 25.3 Å². The minimum Gasteiger partial charge on any atom is -0.385 e. The second kappa shape index (κ2) is 6.40. The summed E-state index contributed by atoms with van der Waals surface area (Å²) in [6.45, 7) is 4.06. The molecule has 2 N–H and O–H groups in total. The van der Waals surface area contributed by atoms with Gasteiger partial charge < -0.3 is 15.4 Å². The van der Waals surface area contributed by atoms with E-state index in [0.29, 0.717) is 19.6 Å². The van der Waals surface area contributed by atoms with E-state index in [1.807, 2.05) is 19.1 Å². The van der Waals surface area contributed by atoms with Gasteiger partial charge in [-0.2, -0.15) is 0 Å². The maximum Gasteiger partial charge on any atom is 0.226 e. The van der Waals surface area contributed by atoms with E-state index in [0.717, 1.165) is 24.3 Å². The second-order valence-electron chi connectivity index (χ2n) is 4.40. The first-order valence-electron chi connectivity index (χ1n) is 6.54. The first-order chi connectivity index (χ1) is 8.79. The van der Waals surface area contributed by atoms with Crippen LogP contribution in [0.3, 0.4) is 0 Å². The molecule has 18 heavy (non-hydrogen) atoms. The SMILES string of the molecule is CCOCCC(=O)Nc1ccc2c(c1)NCCC2. The van der Waals surface area contributed by atoms with Gasteiger partial charge in [0.25, 0.3) is 0 Å². The number of rotatable bonds is 5. The minimum absolute atomic E-state index is 0.000732. The van der Waals surface area contributed by atoms with Gasteiger partial charge in [0.2, 0.25) is 5.91 Å². The van der Waals surface area contributed by atoms with Crippen LogP contribution < -0.4 is 10.6 Å². The standard InChI is InChI=1S/C14H20N2O2/c1-2-18-9-7-14(17)16-12-6-5-11-4-3-8-15-13(11)10-12/h5-6,10,15H,2-4,7-9H2,1H3,(H,16,17). The van der Waals surface area contributed by atoms with Crippen LogP contribution in [0.25, 0.3) is 0 Å². The Morgan fingerprint density at radius 2 is 2.39 bits per heavy atom. The second-order valence-corrected chi connectivity index (χ2v) is 4.40. The molecule has 0 saturated carbocycles. The van der Waals surface area contributed by atoms with Crippen LogP contribution in [0.4, 0.5) is 11.4 Å². The van der Waals surface area contributed by atoms with Crippen molar-refractivity contribution in [3.05, 3.63) is 23.8 Å². The van der Waals surface area contributed by atoms with Crippen molar-refractivity contribution in [3.63, 3.8) is 0 Å². The summed E-state index contributed by atoms with van der Waals surface area (Å²) in [6, 6.07) is 6.05. The molecule has 0 unspecified atom stereocenters. The van der Waals surface area contributed by atoms with Crippen LogP contribution in [0.2, 0.25) is 0 Å². The average molecular weight is 248 g/mol. The molecule has 0 saturated heterocycles. The number of hydrogen-bond donors (Lipinski definition) is 2. The Kier molecular flexibility index (Phi) is 4.59. The normalized spacial score (nSPS) is 13.6. The summed E-state index contributed by atoms with van der Waals surface area (Å²) in [4.78, 5) is 11.6. The Morgan fingerprint density at radius 3 is 3.22 bits per heavy atom. The third-order valence-corrected chi connectivity index (χ3v) is 3.01. The highest BCUT2D eigenvalue weighted by atomic mass is 16.5. The largest absolute Gasteiger partial charge is 0.385 e. The summed E-state index contributed by atoms with van der Waals surface area (Å²) in [5.74, 6) is -0.000732. The van der Waals surface area contributed by atoms with Gasteiger partial charge in [0.15, 0.2) is 0 Å². The maximum absolute atomic E-state index is 11.6. The highest BCUT2D eigenvalue weighted by molar-refractivity contribution is 5.91. The van der Waals surface area contributed by atoms with Crippen molar-refractivity contribution < 1.29 is 9.53 Å². The smallest absolute Gasteiger partial charge is 0.226 e. The lowest BCUT2D eigenvalue weighted by atomic mass is 10.0. The monoisotopic (exact) mass is 248 g/mol. The molecule has 1 heterocycles. The Labute approximate surface area is 108 Å². The Bertz CT molecular complexity index is 418. The fourth-order valence-electron chi connectivity index (χ4n) is 2.07. The summed E-state index contributed by atoms with van der Waals surface area (Å²) in [7, 11) is 0. The maximum atomic E-state index is 11.6. The summed E-state index contributed by atoms with van der Waals surface area (Å²) in [5.41, 5.74) is 3.32. The Balaban J connectivity index is 1.91. The van der Waals surface area contributed by atoms with Gasteiger partial charge in [-0.1, -0.05) is 6.07 Å². The number of fused-ring (bicyclic) bond motifs is 1. The van der Waals surface area contributed by atoms with Crippen LogP contribution in [-0.2, 0) is 16.0 Å². The number of amides is 1. The average Bonchev–Trinajstić information content (AvgIpc) is 2.39. The Morgan fingerprint density at radius 1 is 1.50 bits per heavy atom. The van der Waals surface area contributed by atoms with Gasteiger partial charge in [-0.25, -0.2) is 0 Å². The van der Waals surface area contributed by atoms with Gasteiger partial charge in [0.1, 0.15) is 0 Å². The van der Waals surface area contributed by atoms with Crippen molar-refractivity contribution in [1.82, 2.24) is 0 Å². The molecule has 0 atom stereocenters. The van der Waals surface area contributed by atoms with Crippen LogP contribution in [0.15, 0.2) is 18.2 Å². The van der Waals surface area contributed by atoms with E-state index in [1.54, 1.807) is 0 Å². The van der Waals surface area contributed by atoms with Gasteiger partial charge in [-0.15, -0.1) is 0 Å². The molecule has 1 aromatic rings. The van der Waals surface area contributed by atoms with E-state index < -0.39 is 0 Å². The molecule has 1 amide bonds. The zero-order valence-corrected chi connectivity index (χ0v) is 10.8. The number of benzene rings is 1. The van der Waals surface area contributed by atoms with E-state index in [4.69, 9.17) is 4.74 Å². The molecule has 1 aliphatic rings. The summed E-state index contributed by atoms with van der Waals surface area (Å²) in [5, 5.41) is 6.24. The number of hydrogen-bond acceptors (Lipinski definition) is 3. The predicted molar refractivity (Wildman–Crippen MR) is 73.0 cm³/mol. The number of anilines is 2. The fourth-order valence-corrected chi connectivity index (χ4v) is 2.07. The number of carbonyl (C=O) groups excluding carboxylic acids is 1. The molecule has 4 heteroatoms. The number of nitrogens with one attached hydrogen (secondary N) is 2. The lowest BCUT2D eigenvalue weighted by molar-refractivity contribution is -0.117. The van der Waals surface area contributed by atoms with Crippen molar-refractivity contribution in [1.29, 1.82) is 0 Å². The first kappa shape index (κ1) is 12.9. The predicted octanol–water partition coefficient (Wildman–Crippen LogP) is 2.41. The van der Waals surface area contributed by atoms with Gasteiger partial charge in [-0.3, -0.25) is 4.79 Å². The number of aryl methyl sites for hydroxylation is 1. The van der Waals surface area contributed by atoms with Crippen LogP contribution in [0.5, 0.6) is 0 Å². The molecule has 1 aromatic carbocycles. The molecule has 0 spiro atoms. The third-order valence-electron chi connectivity index (χ3n) is 3.01. The van der Waals surface area contributed by atoms with E-state index in [1.165, 1.54) is 12.0 Å². The number of ether oxygens (including phenoxy) is 1.